The second kappa shape index (κ2) is 6.32. The summed E-state index contributed by atoms with van der Waals surface area (Å²) in [5.74, 6) is 2.01. The molecular weight excluding hydrogens is 260 g/mol. The molecule has 4 nitrogen and oxygen atoms in total. The molecule has 2 heterocycles. The molecule has 1 aliphatic carbocycles. The predicted octanol–water partition coefficient (Wildman–Crippen LogP) is 2.11. The smallest absolute Gasteiger partial charge is 0.128 e. The Morgan fingerprint density at radius 2 is 2.00 bits per heavy atom. The first-order valence-electron chi connectivity index (χ1n) is 8.32. The summed E-state index contributed by atoms with van der Waals surface area (Å²) in [5.41, 5.74) is 6.32. The predicted molar refractivity (Wildman–Crippen MR) is 87.4 cm³/mol. The van der Waals surface area contributed by atoms with E-state index in [0.29, 0.717) is 0 Å². The maximum absolute atomic E-state index is 6.14. The monoisotopic (exact) mass is 288 g/mol. The topological polar surface area (TPSA) is 45.4 Å². The lowest BCUT2D eigenvalue weighted by Crippen LogP contribution is -2.59. The molecule has 0 spiro atoms. The van der Waals surface area contributed by atoms with E-state index in [0.717, 1.165) is 44.5 Å². The van der Waals surface area contributed by atoms with Crippen molar-refractivity contribution in [3.63, 3.8) is 0 Å². The lowest BCUT2D eigenvalue weighted by atomic mass is 9.75. The van der Waals surface area contributed by atoms with Crippen LogP contribution in [-0.2, 0) is 0 Å². The third-order valence-corrected chi connectivity index (χ3v) is 5.41. The second-order valence-corrected chi connectivity index (χ2v) is 6.86. The van der Waals surface area contributed by atoms with E-state index in [9.17, 15) is 0 Å². The van der Waals surface area contributed by atoms with E-state index >= 15 is 0 Å². The minimum Gasteiger partial charge on any atom is -0.354 e. The Kier molecular flexibility index (Phi) is 4.45. The van der Waals surface area contributed by atoms with Crippen LogP contribution < -0.4 is 10.6 Å². The minimum atomic E-state index is 0.182. The average Bonchev–Trinajstić information content (AvgIpc) is 2.52. The van der Waals surface area contributed by atoms with Crippen LogP contribution in [0, 0.1) is 5.92 Å². The van der Waals surface area contributed by atoms with Gasteiger partial charge >= 0.3 is 0 Å². The van der Waals surface area contributed by atoms with Crippen molar-refractivity contribution < 1.29 is 0 Å². The minimum absolute atomic E-state index is 0.182. The van der Waals surface area contributed by atoms with E-state index in [1.807, 2.05) is 12.3 Å². The van der Waals surface area contributed by atoms with Gasteiger partial charge in [0, 0.05) is 44.5 Å². The Morgan fingerprint density at radius 1 is 1.24 bits per heavy atom. The van der Waals surface area contributed by atoms with Crippen LogP contribution >= 0.6 is 0 Å². The first-order chi connectivity index (χ1) is 10.2. The van der Waals surface area contributed by atoms with Crippen LogP contribution in [-0.4, -0.2) is 48.1 Å². The largest absolute Gasteiger partial charge is 0.354 e. The number of piperazine rings is 1. The highest BCUT2D eigenvalue weighted by molar-refractivity contribution is 5.38. The fourth-order valence-corrected chi connectivity index (χ4v) is 3.68. The summed E-state index contributed by atoms with van der Waals surface area (Å²) >= 11 is 0. The summed E-state index contributed by atoms with van der Waals surface area (Å²) in [6, 6.07) is 6.14. The number of anilines is 1. The van der Waals surface area contributed by atoms with Crippen molar-refractivity contribution in [1.29, 1.82) is 0 Å². The molecule has 0 aromatic carbocycles. The SMILES string of the molecule is CC(CN)(CC1CCC1)N1CCN(c2ccccn2)CC1. The normalized spacial score (nSPS) is 23.6. The van der Waals surface area contributed by atoms with E-state index in [1.54, 1.807) is 0 Å². The lowest BCUT2D eigenvalue weighted by Gasteiger charge is -2.48. The Labute approximate surface area is 128 Å². The zero-order valence-electron chi connectivity index (χ0n) is 13.2. The quantitative estimate of drug-likeness (QED) is 0.901. The molecule has 1 aromatic heterocycles. The second-order valence-electron chi connectivity index (χ2n) is 6.86. The summed E-state index contributed by atoms with van der Waals surface area (Å²) in [6.45, 7) is 7.43. The molecule has 1 saturated heterocycles. The third-order valence-electron chi connectivity index (χ3n) is 5.41. The van der Waals surface area contributed by atoms with E-state index < -0.39 is 0 Å². The maximum atomic E-state index is 6.14. The van der Waals surface area contributed by atoms with Crippen LogP contribution in [0.5, 0.6) is 0 Å². The molecule has 1 aromatic rings. The van der Waals surface area contributed by atoms with Gasteiger partial charge in [-0.25, -0.2) is 4.98 Å². The molecule has 21 heavy (non-hydrogen) atoms. The van der Waals surface area contributed by atoms with Gasteiger partial charge in [0.1, 0.15) is 5.82 Å². The molecule has 0 amide bonds. The van der Waals surface area contributed by atoms with Gasteiger partial charge in [-0.05, 0) is 31.4 Å². The molecule has 116 valence electrons. The zero-order valence-corrected chi connectivity index (χ0v) is 13.2. The van der Waals surface area contributed by atoms with Gasteiger partial charge in [0.25, 0.3) is 0 Å². The van der Waals surface area contributed by atoms with Gasteiger partial charge in [-0.2, -0.15) is 0 Å². The fourth-order valence-electron chi connectivity index (χ4n) is 3.68. The van der Waals surface area contributed by atoms with Crippen molar-refractivity contribution in [2.75, 3.05) is 37.6 Å². The fraction of sp³-hybridized carbons (Fsp3) is 0.706. The van der Waals surface area contributed by atoms with E-state index in [4.69, 9.17) is 5.73 Å². The van der Waals surface area contributed by atoms with Crippen LogP contribution in [0.4, 0.5) is 5.82 Å². The highest BCUT2D eigenvalue weighted by atomic mass is 15.3. The van der Waals surface area contributed by atoms with Crippen molar-refractivity contribution in [2.45, 2.75) is 38.1 Å². The average molecular weight is 288 g/mol. The Hall–Kier alpha value is -1.13. The first-order valence-corrected chi connectivity index (χ1v) is 8.32. The Bertz CT molecular complexity index is 437. The molecule has 2 aliphatic rings. The number of aromatic nitrogens is 1. The van der Waals surface area contributed by atoms with Crippen LogP contribution in [0.3, 0.4) is 0 Å². The molecule has 1 unspecified atom stereocenters. The third kappa shape index (κ3) is 3.22. The number of hydrogen-bond donors (Lipinski definition) is 1. The summed E-state index contributed by atoms with van der Waals surface area (Å²) in [5, 5.41) is 0. The van der Waals surface area contributed by atoms with Crippen LogP contribution in [0.2, 0.25) is 0 Å². The van der Waals surface area contributed by atoms with E-state index in [1.165, 1.54) is 25.7 Å². The molecule has 1 atom stereocenters. The van der Waals surface area contributed by atoms with Crippen molar-refractivity contribution in [2.24, 2.45) is 11.7 Å². The van der Waals surface area contributed by atoms with Gasteiger partial charge in [-0.1, -0.05) is 25.3 Å². The maximum Gasteiger partial charge on any atom is 0.128 e. The van der Waals surface area contributed by atoms with Gasteiger partial charge in [0.2, 0.25) is 0 Å². The van der Waals surface area contributed by atoms with Gasteiger partial charge < -0.3 is 10.6 Å². The van der Waals surface area contributed by atoms with Crippen molar-refractivity contribution >= 4 is 5.82 Å². The van der Waals surface area contributed by atoms with Crippen molar-refractivity contribution in [3.05, 3.63) is 24.4 Å². The number of pyridine rings is 1. The summed E-state index contributed by atoms with van der Waals surface area (Å²) in [7, 11) is 0. The molecule has 4 heteroatoms. The van der Waals surface area contributed by atoms with Crippen molar-refractivity contribution in [3.8, 4) is 0 Å². The number of hydrogen-bond acceptors (Lipinski definition) is 4. The molecule has 3 rings (SSSR count). The summed E-state index contributed by atoms with van der Waals surface area (Å²) in [6.07, 6.45) is 7.38. The lowest BCUT2D eigenvalue weighted by molar-refractivity contribution is 0.0627. The molecule has 0 bridgehead atoms. The molecule has 0 radical (unpaired) electrons. The van der Waals surface area contributed by atoms with Crippen LogP contribution in [0.25, 0.3) is 0 Å². The van der Waals surface area contributed by atoms with Gasteiger partial charge in [-0.3, -0.25) is 4.90 Å². The van der Waals surface area contributed by atoms with Crippen LogP contribution in [0.15, 0.2) is 24.4 Å². The standard InChI is InChI=1S/C17H28N4/c1-17(14-18,13-15-5-4-6-15)21-11-9-20(10-12-21)16-7-2-3-8-19-16/h2-3,7-8,15H,4-6,9-14,18H2,1H3. The first kappa shape index (κ1) is 14.8. The number of nitrogens with zero attached hydrogens (tertiary/aromatic N) is 3. The van der Waals surface area contributed by atoms with Crippen molar-refractivity contribution in [1.82, 2.24) is 9.88 Å². The number of nitrogens with two attached hydrogens (primary N) is 1. The number of rotatable bonds is 5. The van der Waals surface area contributed by atoms with E-state index in [-0.39, 0.29) is 5.54 Å². The Balaban J connectivity index is 1.58. The van der Waals surface area contributed by atoms with E-state index in [2.05, 4.69) is 33.8 Å². The van der Waals surface area contributed by atoms with Crippen LogP contribution in [0.1, 0.15) is 32.6 Å². The molecule has 1 saturated carbocycles. The molecule has 1 aliphatic heterocycles. The molecular formula is C17H28N4. The Morgan fingerprint density at radius 3 is 2.52 bits per heavy atom. The molecule has 2 N–H and O–H groups in total. The summed E-state index contributed by atoms with van der Waals surface area (Å²) in [4.78, 5) is 9.46. The zero-order chi connectivity index (χ0) is 14.7. The summed E-state index contributed by atoms with van der Waals surface area (Å²) < 4.78 is 0. The highest BCUT2D eigenvalue weighted by Gasteiger charge is 2.36. The van der Waals surface area contributed by atoms with Gasteiger partial charge in [0.15, 0.2) is 0 Å². The van der Waals surface area contributed by atoms with Gasteiger partial charge in [-0.15, -0.1) is 0 Å². The van der Waals surface area contributed by atoms with Gasteiger partial charge in [0.05, 0.1) is 0 Å². The highest BCUT2D eigenvalue weighted by Crippen LogP contribution is 2.36. The molecule has 2 fully saturated rings.